The van der Waals surface area contributed by atoms with Gasteiger partial charge in [0.15, 0.2) is 5.65 Å². The van der Waals surface area contributed by atoms with Crippen LogP contribution in [0.5, 0.6) is 0 Å². The molecule has 1 amide bonds. The van der Waals surface area contributed by atoms with Crippen molar-refractivity contribution in [2.75, 3.05) is 32.7 Å². The molecule has 7 heteroatoms. The summed E-state index contributed by atoms with van der Waals surface area (Å²) in [4.78, 5) is 22.3. The molecule has 0 spiro atoms. The number of morpholine rings is 1. The SMILES string of the molecule is CC1CN(CC2CCN(C(=O)c3cnn4c(-c5ccccc5)ccnc34)CC2)CC(C)O1. The molecule has 168 valence electrons. The van der Waals surface area contributed by atoms with Gasteiger partial charge in [-0.05, 0) is 38.7 Å². The second-order valence-corrected chi connectivity index (χ2v) is 9.20. The Bertz CT molecular complexity index is 1060. The Morgan fingerprint density at radius 1 is 1.06 bits per heavy atom. The van der Waals surface area contributed by atoms with Gasteiger partial charge in [0.05, 0.1) is 24.1 Å². The van der Waals surface area contributed by atoms with Crippen molar-refractivity contribution < 1.29 is 9.53 Å². The van der Waals surface area contributed by atoms with Crippen LogP contribution in [-0.4, -0.2) is 75.2 Å². The van der Waals surface area contributed by atoms with Crippen LogP contribution in [-0.2, 0) is 4.74 Å². The molecule has 32 heavy (non-hydrogen) atoms. The van der Waals surface area contributed by atoms with Crippen molar-refractivity contribution in [1.82, 2.24) is 24.4 Å². The summed E-state index contributed by atoms with van der Waals surface area (Å²) in [6.07, 6.45) is 6.09. The van der Waals surface area contributed by atoms with Gasteiger partial charge in [-0.15, -0.1) is 0 Å². The number of carbonyl (C=O) groups is 1. The molecule has 4 heterocycles. The Kier molecular flexibility index (Phi) is 5.93. The third-order valence-electron chi connectivity index (χ3n) is 6.61. The number of likely N-dealkylation sites (tertiary alicyclic amines) is 1. The maximum Gasteiger partial charge on any atom is 0.259 e. The first kappa shape index (κ1) is 21.1. The Labute approximate surface area is 189 Å². The van der Waals surface area contributed by atoms with E-state index in [1.54, 1.807) is 16.9 Å². The van der Waals surface area contributed by atoms with Gasteiger partial charge in [0.2, 0.25) is 0 Å². The minimum atomic E-state index is 0.0322. The molecule has 3 aromatic rings. The number of aromatic nitrogens is 3. The number of hydrogen-bond acceptors (Lipinski definition) is 5. The first-order valence-corrected chi connectivity index (χ1v) is 11.6. The zero-order valence-electron chi connectivity index (χ0n) is 18.9. The summed E-state index contributed by atoms with van der Waals surface area (Å²) in [7, 11) is 0. The number of carbonyl (C=O) groups excluding carboxylic acids is 1. The summed E-state index contributed by atoms with van der Waals surface area (Å²) < 4.78 is 7.63. The van der Waals surface area contributed by atoms with Crippen molar-refractivity contribution in [3.05, 3.63) is 54.4 Å². The van der Waals surface area contributed by atoms with Gasteiger partial charge in [0.1, 0.15) is 5.56 Å². The minimum Gasteiger partial charge on any atom is -0.373 e. The molecule has 2 unspecified atom stereocenters. The number of fused-ring (bicyclic) bond motifs is 1. The number of ether oxygens (including phenoxy) is 1. The van der Waals surface area contributed by atoms with E-state index < -0.39 is 0 Å². The predicted molar refractivity (Wildman–Crippen MR) is 123 cm³/mol. The molecule has 2 atom stereocenters. The van der Waals surface area contributed by atoms with Gasteiger partial charge < -0.3 is 9.64 Å². The summed E-state index contributed by atoms with van der Waals surface area (Å²) in [6, 6.07) is 12.0. The summed E-state index contributed by atoms with van der Waals surface area (Å²) in [5.41, 5.74) is 3.18. The molecule has 0 saturated carbocycles. The Hall–Kier alpha value is -2.77. The first-order valence-electron chi connectivity index (χ1n) is 11.6. The first-order chi connectivity index (χ1) is 15.6. The third-order valence-corrected chi connectivity index (χ3v) is 6.61. The molecule has 0 radical (unpaired) electrons. The van der Waals surface area contributed by atoms with E-state index >= 15 is 0 Å². The van der Waals surface area contributed by atoms with Crippen LogP contribution in [0.15, 0.2) is 48.8 Å². The maximum atomic E-state index is 13.3. The number of piperidine rings is 1. The lowest BCUT2D eigenvalue weighted by Gasteiger charge is -2.39. The van der Waals surface area contributed by atoms with E-state index in [9.17, 15) is 4.79 Å². The van der Waals surface area contributed by atoms with E-state index in [-0.39, 0.29) is 5.91 Å². The Balaban J connectivity index is 1.26. The number of amides is 1. The maximum absolute atomic E-state index is 13.3. The fraction of sp³-hybridized carbons (Fsp3) is 0.480. The van der Waals surface area contributed by atoms with Gasteiger partial charge in [0, 0.05) is 44.5 Å². The number of benzene rings is 1. The van der Waals surface area contributed by atoms with Crippen LogP contribution in [0.3, 0.4) is 0 Å². The second kappa shape index (κ2) is 9.00. The van der Waals surface area contributed by atoms with E-state index in [2.05, 4.69) is 28.8 Å². The molecule has 0 N–H and O–H groups in total. The van der Waals surface area contributed by atoms with Crippen LogP contribution in [0.25, 0.3) is 16.9 Å². The van der Waals surface area contributed by atoms with E-state index in [0.29, 0.717) is 29.3 Å². The molecule has 2 saturated heterocycles. The van der Waals surface area contributed by atoms with Gasteiger partial charge >= 0.3 is 0 Å². The summed E-state index contributed by atoms with van der Waals surface area (Å²) in [5, 5.41) is 4.51. The molecular weight excluding hydrogens is 402 g/mol. The normalized spacial score (nSPS) is 23.0. The van der Waals surface area contributed by atoms with E-state index in [0.717, 1.165) is 56.8 Å². The van der Waals surface area contributed by atoms with Gasteiger partial charge in [-0.2, -0.15) is 5.10 Å². The topological polar surface area (TPSA) is 63.0 Å². The largest absolute Gasteiger partial charge is 0.373 e. The molecule has 5 rings (SSSR count). The summed E-state index contributed by atoms with van der Waals surface area (Å²) in [5.74, 6) is 0.660. The van der Waals surface area contributed by atoms with Crippen LogP contribution in [0.4, 0.5) is 0 Å². The lowest BCUT2D eigenvalue weighted by molar-refractivity contribution is -0.0728. The monoisotopic (exact) mass is 433 g/mol. The third kappa shape index (κ3) is 4.27. The average Bonchev–Trinajstić information content (AvgIpc) is 3.23. The molecule has 2 fully saturated rings. The van der Waals surface area contributed by atoms with Crippen molar-refractivity contribution in [3.8, 4) is 11.3 Å². The standard InChI is InChI=1S/C25H31N5O2/c1-18-15-28(16-19(2)32-18)17-20-9-12-29(13-10-20)25(31)22-14-27-30-23(8-11-26-24(22)30)21-6-4-3-5-7-21/h3-8,11,14,18-20H,9-10,12-13,15-17H2,1-2H3. The van der Waals surface area contributed by atoms with Gasteiger partial charge in [-0.3, -0.25) is 9.69 Å². The molecule has 2 aliphatic heterocycles. The molecular formula is C25H31N5O2. The van der Waals surface area contributed by atoms with Crippen LogP contribution < -0.4 is 0 Å². The summed E-state index contributed by atoms with van der Waals surface area (Å²) in [6.45, 7) is 8.97. The fourth-order valence-corrected chi connectivity index (χ4v) is 5.16. The Morgan fingerprint density at radius 3 is 2.50 bits per heavy atom. The minimum absolute atomic E-state index is 0.0322. The van der Waals surface area contributed by atoms with E-state index in [4.69, 9.17) is 4.74 Å². The predicted octanol–water partition coefficient (Wildman–Crippen LogP) is 3.36. The zero-order valence-corrected chi connectivity index (χ0v) is 18.9. The highest BCUT2D eigenvalue weighted by Gasteiger charge is 2.29. The smallest absolute Gasteiger partial charge is 0.259 e. The molecule has 7 nitrogen and oxygen atoms in total. The average molecular weight is 434 g/mol. The zero-order chi connectivity index (χ0) is 22.1. The fourth-order valence-electron chi connectivity index (χ4n) is 5.16. The lowest BCUT2D eigenvalue weighted by atomic mass is 9.95. The number of hydrogen-bond donors (Lipinski definition) is 0. The number of rotatable bonds is 4. The lowest BCUT2D eigenvalue weighted by Crippen LogP contribution is -2.48. The Morgan fingerprint density at radius 2 is 1.78 bits per heavy atom. The van der Waals surface area contributed by atoms with Crippen molar-refractivity contribution in [1.29, 1.82) is 0 Å². The van der Waals surface area contributed by atoms with Gasteiger partial charge in [-0.1, -0.05) is 30.3 Å². The van der Waals surface area contributed by atoms with E-state index in [1.165, 1.54) is 0 Å². The molecule has 1 aromatic carbocycles. The van der Waals surface area contributed by atoms with E-state index in [1.807, 2.05) is 41.3 Å². The highest BCUT2D eigenvalue weighted by atomic mass is 16.5. The van der Waals surface area contributed by atoms with Gasteiger partial charge in [-0.25, -0.2) is 9.50 Å². The van der Waals surface area contributed by atoms with Crippen LogP contribution in [0, 0.1) is 5.92 Å². The molecule has 2 aromatic heterocycles. The highest BCUT2D eigenvalue weighted by molar-refractivity contribution is 6.00. The van der Waals surface area contributed by atoms with Crippen LogP contribution >= 0.6 is 0 Å². The van der Waals surface area contributed by atoms with Crippen LogP contribution in [0.2, 0.25) is 0 Å². The quantitative estimate of drug-likeness (QED) is 0.631. The van der Waals surface area contributed by atoms with Crippen molar-refractivity contribution in [2.45, 2.75) is 38.9 Å². The summed E-state index contributed by atoms with van der Waals surface area (Å²) >= 11 is 0. The highest BCUT2D eigenvalue weighted by Crippen LogP contribution is 2.25. The molecule has 2 aliphatic rings. The van der Waals surface area contributed by atoms with Crippen molar-refractivity contribution >= 4 is 11.6 Å². The van der Waals surface area contributed by atoms with Gasteiger partial charge in [0.25, 0.3) is 5.91 Å². The van der Waals surface area contributed by atoms with Crippen molar-refractivity contribution in [2.24, 2.45) is 5.92 Å². The second-order valence-electron chi connectivity index (χ2n) is 9.20. The molecule has 0 aliphatic carbocycles. The van der Waals surface area contributed by atoms with Crippen LogP contribution in [0.1, 0.15) is 37.0 Å². The molecule has 0 bridgehead atoms. The van der Waals surface area contributed by atoms with Crippen molar-refractivity contribution in [3.63, 3.8) is 0 Å². The number of nitrogens with zero attached hydrogens (tertiary/aromatic N) is 5.